The summed E-state index contributed by atoms with van der Waals surface area (Å²) < 4.78 is 34.2. The molecule has 0 amide bonds. The Kier molecular flexibility index (Phi) is 50.3. The average Bonchev–Trinajstić information content (AvgIpc) is 3.31. The van der Waals surface area contributed by atoms with Gasteiger partial charge in [-0.15, -0.1) is 0 Å². The van der Waals surface area contributed by atoms with Gasteiger partial charge in [0.15, 0.2) is 6.10 Å². The Hall–Kier alpha value is -1.51. The minimum Gasteiger partial charge on any atom is -0.756 e. The summed E-state index contributed by atoms with van der Waals surface area (Å²) in [5.41, 5.74) is 0. The van der Waals surface area contributed by atoms with Crippen LogP contribution in [0.2, 0.25) is 0 Å². The Morgan fingerprint density at radius 3 is 1.14 bits per heavy atom. The largest absolute Gasteiger partial charge is 0.756 e. The van der Waals surface area contributed by atoms with Crippen LogP contribution in [0.4, 0.5) is 0 Å². The molecule has 0 aromatic carbocycles. The number of nitrogens with zero attached hydrogens (tertiary/aromatic N) is 1. The van der Waals surface area contributed by atoms with Crippen molar-refractivity contribution in [2.45, 2.75) is 296 Å². The summed E-state index contributed by atoms with van der Waals surface area (Å²) in [6, 6.07) is 0. The summed E-state index contributed by atoms with van der Waals surface area (Å²) in [6.07, 6.45) is 60.8. The van der Waals surface area contributed by atoms with E-state index in [0.29, 0.717) is 17.4 Å². The van der Waals surface area contributed by atoms with Crippen molar-refractivity contribution in [1.29, 1.82) is 0 Å². The maximum Gasteiger partial charge on any atom is 0.306 e. The number of unbranched alkanes of at least 4 members (excludes halogenated alkanes) is 37. The first-order valence-electron chi connectivity index (χ1n) is 29.5. The third-order valence-electron chi connectivity index (χ3n) is 13.2. The lowest BCUT2D eigenvalue weighted by Crippen LogP contribution is -2.37. The summed E-state index contributed by atoms with van der Waals surface area (Å²) >= 11 is 0. The van der Waals surface area contributed by atoms with Crippen LogP contribution in [0.3, 0.4) is 0 Å². The number of allylic oxidation sites excluding steroid dienone is 4. The van der Waals surface area contributed by atoms with Gasteiger partial charge in [0.1, 0.15) is 19.8 Å². The van der Waals surface area contributed by atoms with Crippen molar-refractivity contribution >= 4 is 19.8 Å². The first-order chi connectivity index (χ1) is 33.5. The lowest BCUT2D eigenvalue weighted by Gasteiger charge is -2.28. The molecule has 0 saturated carbocycles. The van der Waals surface area contributed by atoms with Gasteiger partial charge in [-0.05, 0) is 44.9 Å². The highest BCUT2D eigenvalue weighted by molar-refractivity contribution is 7.45. The number of phosphoric acid groups is 1. The highest BCUT2D eigenvalue weighted by Gasteiger charge is 2.22. The lowest BCUT2D eigenvalue weighted by molar-refractivity contribution is -0.870. The molecule has 0 saturated heterocycles. The molecule has 0 fully saturated rings. The second-order valence-electron chi connectivity index (χ2n) is 21.4. The van der Waals surface area contributed by atoms with Gasteiger partial charge in [0, 0.05) is 12.8 Å². The molecule has 408 valence electrons. The van der Waals surface area contributed by atoms with Crippen LogP contribution >= 0.6 is 7.82 Å². The Bertz CT molecular complexity index is 1220. The quantitative estimate of drug-likeness (QED) is 0.0195. The molecule has 9 nitrogen and oxygen atoms in total. The summed E-state index contributed by atoms with van der Waals surface area (Å²) in [7, 11) is 1.18. The minimum atomic E-state index is -4.63. The molecule has 0 aliphatic heterocycles. The van der Waals surface area contributed by atoms with E-state index in [2.05, 4.69) is 38.2 Å². The SMILES string of the molecule is CCCCCCC/C=C\C/C=C\CCCCCCCCCCCC(=O)OC(COC(=O)CCCCCCCCCCCCCCCCCCCCCCCCCC)COP(=O)([O-])OCC[N+](C)(C)C. The van der Waals surface area contributed by atoms with Crippen molar-refractivity contribution in [2.75, 3.05) is 47.5 Å². The van der Waals surface area contributed by atoms with Gasteiger partial charge >= 0.3 is 11.9 Å². The fourth-order valence-electron chi connectivity index (χ4n) is 8.63. The molecule has 0 aliphatic rings. The minimum absolute atomic E-state index is 0.0292. The number of likely N-dealkylation sites (N-methyl/N-ethyl adjacent to an activating group) is 1. The van der Waals surface area contributed by atoms with Gasteiger partial charge in [0.25, 0.3) is 7.82 Å². The standard InChI is InChI=1S/C59H114NO8P/c1-6-8-10-12-14-16-18-20-22-24-26-28-29-30-32-33-35-37-39-41-43-45-47-49-51-58(61)65-55-57(56-67-69(63,64)66-54-53-60(3,4)5)68-59(62)52-50-48-46-44-42-40-38-36-34-31-27-25-23-21-19-17-15-13-11-9-7-2/h19,21,25,27,57H,6-18,20,22-24,26,28-56H2,1-5H3/b21-19-,27-25-. The molecule has 0 spiro atoms. The first-order valence-corrected chi connectivity index (χ1v) is 31.0. The third-order valence-corrected chi connectivity index (χ3v) is 14.2. The third kappa shape index (κ3) is 55.7. The van der Waals surface area contributed by atoms with Crippen LogP contribution in [-0.4, -0.2) is 70.0 Å². The number of hydrogen-bond donors (Lipinski definition) is 0. The molecule has 0 heterocycles. The zero-order valence-electron chi connectivity index (χ0n) is 46.3. The molecule has 69 heavy (non-hydrogen) atoms. The molecular formula is C59H114NO8P. The molecule has 0 aliphatic carbocycles. The maximum absolute atomic E-state index is 12.8. The van der Waals surface area contributed by atoms with Crippen molar-refractivity contribution in [3.05, 3.63) is 24.3 Å². The van der Waals surface area contributed by atoms with Crippen molar-refractivity contribution in [3.63, 3.8) is 0 Å². The average molecular weight is 997 g/mol. The van der Waals surface area contributed by atoms with Crippen LogP contribution in [-0.2, 0) is 32.7 Å². The maximum atomic E-state index is 12.8. The normalized spacial score (nSPS) is 13.4. The predicted octanol–water partition coefficient (Wildman–Crippen LogP) is 17.6. The van der Waals surface area contributed by atoms with E-state index in [-0.39, 0.29) is 32.0 Å². The fourth-order valence-corrected chi connectivity index (χ4v) is 9.36. The van der Waals surface area contributed by atoms with Crippen LogP contribution in [0.25, 0.3) is 0 Å². The smallest absolute Gasteiger partial charge is 0.306 e. The molecule has 0 rings (SSSR count). The Morgan fingerprint density at radius 1 is 0.449 bits per heavy atom. The second-order valence-corrected chi connectivity index (χ2v) is 22.8. The zero-order chi connectivity index (χ0) is 50.6. The van der Waals surface area contributed by atoms with E-state index in [1.54, 1.807) is 0 Å². The number of hydrogen-bond acceptors (Lipinski definition) is 8. The molecule has 0 aromatic heterocycles. The number of phosphoric ester groups is 1. The molecule has 10 heteroatoms. The van der Waals surface area contributed by atoms with Crippen LogP contribution in [0, 0.1) is 0 Å². The van der Waals surface area contributed by atoms with Gasteiger partial charge in [-0.3, -0.25) is 14.2 Å². The van der Waals surface area contributed by atoms with Crippen molar-refractivity contribution in [2.24, 2.45) is 0 Å². The van der Waals surface area contributed by atoms with Crippen molar-refractivity contribution in [3.8, 4) is 0 Å². The summed E-state index contributed by atoms with van der Waals surface area (Å²) in [5.74, 6) is -0.822. The molecule has 0 N–H and O–H groups in total. The van der Waals surface area contributed by atoms with E-state index in [4.69, 9.17) is 18.5 Å². The van der Waals surface area contributed by atoms with Crippen LogP contribution in [0.1, 0.15) is 290 Å². The Morgan fingerprint density at radius 2 is 0.783 bits per heavy atom. The number of carbonyl (C=O) groups excluding carboxylic acids is 2. The van der Waals surface area contributed by atoms with E-state index >= 15 is 0 Å². The van der Waals surface area contributed by atoms with E-state index < -0.39 is 26.5 Å². The number of quaternary nitrogens is 1. The van der Waals surface area contributed by atoms with Gasteiger partial charge < -0.3 is 27.9 Å². The Balaban J connectivity index is 4.12. The highest BCUT2D eigenvalue weighted by Crippen LogP contribution is 2.38. The van der Waals surface area contributed by atoms with E-state index in [1.807, 2.05) is 21.1 Å². The second kappa shape index (κ2) is 51.4. The van der Waals surface area contributed by atoms with Gasteiger partial charge in [-0.2, -0.15) is 0 Å². The van der Waals surface area contributed by atoms with Crippen LogP contribution < -0.4 is 4.89 Å². The summed E-state index contributed by atoms with van der Waals surface area (Å²) in [6.45, 7) is 4.28. The molecule has 2 atom stereocenters. The van der Waals surface area contributed by atoms with Gasteiger partial charge in [-0.1, -0.05) is 256 Å². The molecule has 0 aromatic rings. The topological polar surface area (TPSA) is 111 Å². The van der Waals surface area contributed by atoms with Gasteiger partial charge in [-0.25, -0.2) is 0 Å². The summed E-state index contributed by atoms with van der Waals surface area (Å²) in [4.78, 5) is 37.9. The van der Waals surface area contributed by atoms with Crippen molar-refractivity contribution < 1.29 is 42.1 Å². The highest BCUT2D eigenvalue weighted by atomic mass is 31.2. The van der Waals surface area contributed by atoms with Crippen LogP contribution in [0.15, 0.2) is 24.3 Å². The van der Waals surface area contributed by atoms with E-state index in [1.165, 1.54) is 205 Å². The zero-order valence-corrected chi connectivity index (χ0v) is 47.2. The van der Waals surface area contributed by atoms with Crippen LogP contribution in [0.5, 0.6) is 0 Å². The number of ether oxygens (including phenoxy) is 2. The fraction of sp³-hybridized carbons (Fsp3) is 0.898. The monoisotopic (exact) mass is 996 g/mol. The number of rotatable bonds is 55. The van der Waals surface area contributed by atoms with Gasteiger partial charge in [0.2, 0.25) is 0 Å². The number of esters is 2. The molecule has 0 bridgehead atoms. The van der Waals surface area contributed by atoms with Gasteiger partial charge in [0.05, 0.1) is 27.7 Å². The Labute approximate surface area is 428 Å². The predicted molar refractivity (Wildman–Crippen MR) is 291 cm³/mol. The molecule has 0 radical (unpaired) electrons. The first kappa shape index (κ1) is 67.5. The summed E-state index contributed by atoms with van der Waals surface area (Å²) in [5, 5.41) is 0. The number of carbonyl (C=O) groups is 2. The van der Waals surface area contributed by atoms with E-state index in [9.17, 15) is 19.0 Å². The van der Waals surface area contributed by atoms with Crippen molar-refractivity contribution in [1.82, 2.24) is 0 Å². The lowest BCUT2D eigenvalue weighted by atomic mass is 10.0. The van der Waals surface area contributed by atoms with E-state index in [0.717, 1.165) is 51.4 Å². The molecule has 2 unspecified atom stereocenters. The molecular weight excluding hydrogens is 882 g/mol.